The molecular weight excluding hydrogens is 774 g/mol. The summed E-state index contributed by atoms with van der Waals surface area (Å²) >= 11 is 6.82. The Balaban J connectivity index is 0.000000341. The van der Waals surface area contributed by atoms with Crippen LogP contribution in [0, 0.1) is 0 Å². The predicted octanol–water partition coefficient (Wildman–Crippen LogP) is 6.80. The lowest BCUT2D eigenvalue weighted by Gasteiger charge is -2.31. The van der Waals surface area contributed by atoms with Crippen LogP contribution in [0.4, 0.5) is 4.79 Å². The van der Waals surface area contributed by atoms with E-state index in [0.717, 1.165) is 26.0 Å². The van der Waals surface area contributed by atoms with Gasteiger partial charge in [-0.05, 0) is 80.3 Å². The molecular formula is C33H58B2Br2N6O7. The van der Waals surface area contributed by atoms with Crippen molar-refractivity contribution in [2.75, 3.05) is 7.11 Å². The molecule has 0 aromatic carbocycles. The molecule has 0 bridgehead atoms. The first kappa shape index (κ1) is 46.0. The second-order valence-electron chi connectivity index (χ2n) is 16.9. The molecule has 0 radical (unpaired) electrons. The van der Waals surface area contributed by atoms with Crippen molar-refractivity contribution < 1.29 is 33.5 Å². The Labute approximate surface area is 315 Å². The Morgan fingerprint density at radius 1 is 0.820 bits per heavy atom. The summed E-state index contributed by atoms with van der Waals surface area (Å²) in [5, 5.41) is 35.6. The van der Waals surface area contributed by atoms with Crippen molar-refractivity contribution in [1.29, 1.82) is 0 Å². The molecule has 50 heavy (non-hydrogen) atoms. The van der Waals surface area contributed by atoms with Gasteiger partial charge in [-0.25, -0.2) is 4.79 Å². The predicted molar refractivity (Wildman–Crippen MR) is 205 cm³/mol. The Kier molecular flexibility index (Phi) is 15.8. The van der Waals surface area contributed by atoms with Gasteiger partial charge in [-0.3, -0.25) is 10.2 Å². The van der Waals surface area contributed by atoms with E-state index < -0.39 is 26.1 Å². The van der Waals surface area contributed by atoms with Gasteiger partial charge in [0, 0.05) is 40.7 Å². The third-order valence-corrected chi connectivity index (χ3v) is 8.61. The first-order valence-electron chi connectivity index (χ1n) is 16.3. The molecule has 0 spiro atoms. The molecule has 4 rings (SSSR count). The van der Waals surface area contributed by atoms with Crippen LogP contribution in [0.3, 0.4) is 0 Å². The number of nitrogens with zero attached hydrogens (tertiary/aromatic N) is 4. The minimum Gasteiger partial charge on any atom is -0.442 e. The SMILES string of the molecule is CC(C)(C)OC(=O)n1cc(Br)c(C(C)(C)C)n1.CC(C)(C)c1[nH]ncc1B(O)O.CC(C)(C)c1[nH]ncc1Br.COB1OC(C)(C)C(C)(C)O1. The number of H-pyrrole nitrogens is 2. The largest absolute Gasteiger partial charge is 0.640 e. The topological polar surface area (TPSA) is 170 Å². The molecule has 1 fully saturated rings. The van der Waals surface area contributed by atoms with Crippen molar-refractivity contribution in [2.45, 2.75) is 144 Å². The van der Waals surface area contributed by atoms with Crippen LogP contribution < -0.4 is 5.46 Å². The molecule has 4 heterocycles. The standard InChI is InChI=1S/C12H19BrN2O2.C7H13BN2O2.C7H15BO3.C7H11BrN2/c1-11(2,3)9-8(13)7-15(14-9)10(16)17-12(4,5)6;1-7(2,3)6-5(8(11)12)4-9-10-6;1-6(2)7(3,4)11-8(9-5)10-6;1-7(2,3)6-5(8)4-9-10-6/h7H,1-6H3;4,11-12H,1-3H3,(H,9,10);1-5H3;4H,1-3H3,(H,9,10). The average Bonchev–Trinajstić information content (AvgIpc) is 3.69. The second kappa shape index (κ2) is 17.2. The second-order valence-corrected chi connectivity index (χ2v) is 18.7. The Hall–Kier alpha value is -2.01. The molecule has 3 aromatic rings. The van der Waals surface area contributed by atoms with Crippen molar-refractivity contribution in [2.24, 2.45) is 0 Å². The lowest BCUT2D eigenvalue weighted by atomic mass is 9.74. The Bertz CT molecular complexity index is 1500. The van der Waals surface area contributed by atoms with Crippen molar-refractivity contribution in [3.05, 3.63) is 44.6 Å². The highest BCUT2D eigenvalue weighted by molar-refractivity contribution is 9.10. The van der Waals surface area contributed by atoms with Crippen LogP contribution in [0.1, 0.15) is 128 Å². The van der Waals surface area contributed by atoms with Gasteiger partial charge in [-0.2, -0.15) is 20.0 Å². The van der Waals surface area contributed by atoms with E-state index in [0.29, 0.717) is 5.46 Å². The van der Waals surface area contributed by atoms with Crippen molar-refractivity contribution in [3.63, 3.8) is 0 Å². The van der Waals surface area contributed by atoms with Gasteiger partial charge in [0.25, 0.3) is 0 Å². The number of ether oxygens (including phenoxy) is 1. The van der Waals surface area contributed by atoms with Gasteiger partial charge in [-0.1, -0.05) is 62.3 Å². The molecule has 282 valence electrons. The molecule has 0 amide bonds. The highest BCUT2D eigenvalue weighted by Crippen LogP contribution is 2.36. The maximum absolute atomic E-state index is 11.8. The quantitative estimate of drug-likeness (QED) is 0.202. The monoisotopic (exact) mass is 830 g/mol. The fourth-order valence-corrected chi connectivity index (χ4v) is 5.69. The summed E-state index contributed by atoms with van der Waals surface area (Å²) in [5.74, 6) is 0. The van der Waals surface area contributed by atoms with Gasteiger partial charge in [0.1, 0.15) is 5.60 Å². The van der Waals surface area contributed by atoms with E-state index in [4.69, 9.17) is 28.7 Å². The normalized spacial score (nSPS) is 15.6. The number of rotatable bonds is 2. The summed E-state index contributed by atoms with van der Waals surface area (Å²) in [4.78, 5) is 11.8. The molecule has 1 aliphatic rings. The molecule has 0 atom stereocenters. The zero-order valence-corrected chi connectivity index (χ0v) is 36.0. The van der Waals surface area contributed by atoms with Gasteiger partial charge in [0.2, 0.25) is 0 Å². The van der Waals surface area contributed by atoms with Gasteiger partial charge in [0.05, 0.1) is 43.9 Å². The molecule has 1 saturated heterocycles. The summed E-state index contributed by atoms with van der Waals surface area (Å²) in [5.41, 5.74) is 1.99. The van der Waals surface area contributed by atoms with Crippen LogP contribution in [0.25, 0.3) is 0 Å². The number of carbonyl (C=O) groups excluding carboxylic acids is 1. The molecule has 17 heteroatoms. The zero-order chi connectivity index (χ0) is 39.3. The minimum absolute atomic E-state index is 0.119. The van der Waals surface area contributed by atoms with E-state index in [9.17, 15) is 4.79 Å². The maximum atomic E-state index is 11.8. The van der Waals surface area contributed by atoms with Crippen molar-refractivity contribution >= 4 is 57.9 Å². The fraction of sp³-hybridized carbons (Fsp3) is 0.697. The summed E-state index contributed by atoms with van der Waals surface area (Å²) in [6, 6.07) is 0. The third kappa shape index (κ3) is 13.8. The van der Waals surface area contributed by atoms with Crippen LogP contribution in [0.15, 0.2) is 27.5 Å². The van der Waals surface area contributed by atoms with E-state index in [1.165, 1.54) is 10.9 Å². The fourth-order valence-electron chi connectivity index (χ4n) is 4.04. The summed E-state index contributed by atoms with van der Waals surface area (Å²) < 4.78 is 24.2. The number of aromatic nitrogens is 6. The third-order valence-electron chi connectivity index (χ3n) is 7.42. The molecule has 1 aliphatic heterocycles. The molecule has 0 aliphatic carbocycles. The number of carbonyl (C=O) groups is 1. The van der Waals surface area contributed by atoms with Crippen molar-refractivity contribution in [1.82, 2.24) is 30.2 Å². The zero-order valence-electron chi connectivity index (χ0n) is 32.9. The molecule has 0 unspecified atom stereocenters. The maximum Gasteiger partial charge on any atom is 0.640 e. The number of nitrogens with one attached hydrogen (secondary N) is 2. The molecule has 3 aromatic heterocycles. The van der Waals surface area contributed by atoms with Crippen LogP contribution >= 0.6 is 31.9 Å². The van der Waals surface area contributed by atoms with E-state index >= 15 is 0 Å². The number of hydrogen-bond acceptors (Lipinski definition) is 10. The van der Waals surface area contributed by atoms with Crippen LogP contribution in [0.2, 0.25) is 0 Å². The van der Waals surface area contributed by atoms with E-state index in [1.807, 2.05) is 90.0 Å². The first-order chi connectivity index (χ1) is 22.3. The van der Waals surface area contributed by atoms with Crippen LogP contribution in [0.5, 0.6) is 0 Å². The lowest BCUT2D eigenvalue weighted by Crippen LogP contribution is -2.41. The average molecular weight is 832 g/mol. The van der Waals surface area contributed by atoms with Gasteiger partial charge in [-0.15, -0.1) is 0 Å². The van der Waals surface area contributed by atoms with Crippen molar-refractivity contribution in [3.8, 4) is 0 Å². The van der Waals surface area contributed by atoms with E-state index in [-0.39, 0.29) is 27.4 Å². The summed E-state index contributed by atoms with van der Waals surface area (Å²) in [6.07, 6.45) is 4.38. The van der Waals surface area contributed by atoms with Gasteiger partial charge < -0.3 is 28.7 Å². The van der Waals surface area contributed by atoms with E-state index in [2.05, 4.69) is 78.1 Å². The summed E-state index contributed by atoms with van der Waals surface area (Å²) in [6.45, 7) is 31.9. The number of hydrogen-bond donors (Lipinski definition) is 4. The smallest absolute Gasteiger partial charge is 0.442 e. The first-order valence-corrected chi connectivity index (χ1v) is 17.9. The molecule has 4 N–H and O–H groups in total. The highest BCUT2D eigenvalue weighted by Gasteiger charge is 2.52. The van der Waals surface area contributed by atoms with Gasteiger partial charge >= 0.3 is 20.5 Å². The van der Waals surface area contributed by atoms with Crippen LogP contribution in [-0.2, 0) is 34.9 Å². The number of halogens is 2. The van der Waals surface area contributed by atoms with Crippen LogP contribution in [-0.4, -0.2) is 84.7 Å². The highest BCUT2D eigenvalue weighted by atomic mass is 79.9. The summed E-state index contributed by atoms with van der Waals surface area (Å²) in [7, 11) is -0.389. The number of aromatic amines is 2. The van der Waals surface area contributed by atoms with Gasteiger partial charge in [0.15, 0.2) is 0 Å². The molecule has 0 saturated carbocycles. The van der Waals surface area contributed by atoms with E-state index in [1.54, 1.807) is 19.5 Å². The Morgan fingerprint density at radius 2 is 1.28 bits per heavy atom. The Morgan fingerprint density at radius 3 is 1.56 bits per heavy atom. The molecule has 13 nitrogen and oxygen atoms in total. The lowest BCUT2D eigenvalue weighted by molar-refractivity contribution is 0.00578. The minimum atomic E-state index is -1.45.